The number of fused-ring (bicyclic) bond motifs is 1. The number of alkyl halides is 2. The number of Topliss-reactive ketones (excluding diaryl/α,β-unsaturated/α-hetero) is 1. The monoisotopic (exact) mass is 545 g/mol. The Balaban J connectivity index is 1.40. The smallest absolute Gasteiger partial charge is 0.270 e. The van der Waals surface area contributed by atoms with Gasteiger partial charge in [0.25, 0.3) is 5.92 Å². The summed E-state index contributed by atoms with van der Waals surface area (Å²) in [5, 5.41) is 0. The number of hydrogen-bond acceptors (Lipinski definition) is 2. The van der Waals surface area contributed by atoms with E-state index in [4.69, 9.17) is 0 Å². The summed E-state index contributed by atoms with van der Waals surface area (Å²) in [5.41, 5.74) is 7.36. The number of hydrogen-bond donors (Lipinski definition) is 0. The van der Waals surface area contributed by atoms with Gasteiger partial charge in [-0.1, -0.05) is 66.7 Å². The number of ketones is 1. The van der Waals surface area contributed by atoms with Crippen molar-refractivity contribution >= 4 is 16.8 Å². The van der Waals surface area contributed by atoms with Crippen molar-refractivity contribution in [3.63, 3.8) is 0 Å². The molecular formula is C33H33F2NO2S. The highest BCUT2D eigenvalue weighted by molar-refractivity contribution is 7.86. The van der Waals surface area contributed by atoms with Gasteiger partial charge >= 0.3 is 0 Å². The molecule has 0 aromatic heterocycles. The quantitative estimate of drug-likeness (QED) is 0.286. The van der Waals surface area contributed by atoms with E-state index in [0.29, 0.717) is 25.1 Å². The number of aryl methyl sites for hydroxylation is 2. The Morgan fingerprint density at radius 1 is 0.846 bits per heavy atom. The van der Waals surface area contributed by atoms with E-state index in [1.54, 1.807) is 19.1 Å². The Kier molecular flexibility index (Phi) is 7.79. The first-order chi connectivity index (χ1) is 18.6. The predicted octanol–water partition coefficient (Wildman–Crippen LogP) is 8.19. The Morgan fingerprint density at radius 3 is 2.21 bits per heavy atom. The highest BCUT2D eigenvalue weighted by Gasteiger charge is 2.27. The van der Waals surface area contributed by atoms with Crippen molar-refractivity contribution in [2.24, 2.45) is 0 Å². The lowest BCUT2D eigenvalue weighted by Crippen LogP contribution is -2.27. The van der Waals surface area contributed by atoms with E-state index >= 15 is 0 Å². The fourth-order valence-electron chi connectivity index (χ4n) is 5.44. The first-order valence-electron chi connectivity index (χ1n) is 13.4. The lowest BCUT2D eigenvalue weighted by atomic mass is 9.99. The molecule has 0 heterocycles. The van der Waals surface area contributed by atoms with Gasteiger partial charge in [-0.05, 0) is 78.1 Å². The van der Waals surface area contributed by atoms with Crippen LogP contribution >= 0.6 is 0 Å². The second kappa shape index (κ2) is 11.1. The van der Waals surface area contributed by atoms with Crippen LogP contribution in [0.2, 0.25) is 0 Å². The van der Waals surface area contributed by atoms with Crippen LogP contribution in [0.3, 0.4) is 0 Å². The van der Waals surface area contributed by atoms with E-state index in [-0.39, 0.29) is 11.3 Å². The van der Waals surface area contributed by atoms with Gasteiger partial charge in [-0.25, -0.2) is 17.3 Å². The van der Waals surface area contributed by atoms with Crippen LogP contribution in [0.1, 0.15) is 71.3 Å². The number of carbonyl (C=O) groups excluding carboxylic acids is 1. The maximum atomic E-state index is 14.0. The molecule has 5 rings (SSSR count). The van der Waals surface area contributed by atoms with Crippen molar-refractivity contribution in [2.45, 2.75) is 65.5 Å². The lowest BCUT2D eigenvalue weighted by Gasteiger charge is -2.25. The van der Waals surface area contributed by atoms with Crippen LogP contribution in [0.25, 0.3) is 11.1 Å². The number of carbonyl (C=O) groups is 1. The molecule has 0 N–H and O–H groups in total. The third-order valence-corrected chi connectivity index (χ3v) is 9.15. The predicted molar refractivity (Wildman–Crippen MR) is 154 cm³/mol. The summed E-state index contributed by atoms with van der Waals surface area (Å²) in [6.07, 6.45) is 7.35. The van der Waals surface area contributed by atoms with Crippen LogP contribution in [0, 0.1) is 6.92 Å². The normalized spacial score (nSPS) is 16.2. The molecule has 3 aromatic rings. The van der Waals surface area contributed by atoms with Gasteiger partial charge in [-0.15, -0.1) is 0 Å². The molecule has 0 fully saturated rings. The summed E-state index contributed by atoms with van der Waals surface area (Å²) in [7, 11) is -1.41. The van der Waals surface area contributed by atoms with Crippen molar-refractivity contribution in [1.82, 2.24) is 4.31 Å². The third-order valence-electron chi connectivity index (χ3n) is 7.56. The van der Waals surface area contributed by atoms with Gasteiger partial charge in [-0.3, -0.25) is 4.79 Å². The van der Waals surface area contributed by atoms with Crippen molar-refractivity contribution in [2.75, 3.05) is 0 Å². The molecule has 2 aliphatic rings. The Hall–Kier alpha value is -3.22. The number of benzene rings is 3. The summed E-state index contributed by atoms with van der Waals surface area (Å²) in [6, 6.07) is 19.2. The van der Waals surface area contributed by atoms with Crippen LogP contribution in [0.4, 0.5) is 8.78 Å². The van der Waals surface area contributed by atoms with Crippen LogP contribution in [0.15, 0.2) is 83.3 Å². The molecule has 0 saturated heterocycles. The molecule has 1 atom stereocenters. The van der Waals surface area contributed by atoms with E-state index in [9.17, 15) is 17.8 Å². The summed E-state index contributed by atoms with van der Waals surface area (Å²) in [6.45, 7) is 5.39. The van der Waals surface area contributed by atoms with Crippen molar-refractivity contribution in [3.05, 3.63) is 117 Å². The zero-order chi connectivity index (χ0) is 27.7. The molecular weight excluding hydrogens is 512 g/mol. The van der Waals surface area contributed by atoms with Crippen molar-refractivity contribution in [3.8, 4) is 11.1 Å². The third kappa shape index (κ3) is 6.02. The maximum Gasteiger partial charge on any atom is 0.270 e. The van der Waals surface area contributed by atoms with Crippen LogP contribution in [0.5, 0.6) is 0 Å². The molecule has 0 saturated carbocycles. The average molecular weight is 546 g/mol. The molecule has 2 aliphatic carbocycles. The molecule has 0 amide bonds. The lowest BCUT2D eigenvalue weighted by molar-refractivity contribution is 0.0168. The van der Waals surface area contributed by atoms with Gasteiger partial charge in [0.15, 0.2) is 5.78 Å². The summed E-state index contributed by atoms with van der Waals surface area (Å²) >= 11 is 0. The van der Waals surface area contributed by atoms with E-state index in [1.807, 2.05) is 53.7 Å². The van der Waals surface area contributed by atoms with E-state index in [1.165, 1.54) is 6.07 Å². The Bertz CT molecular complexity index is 1500. The van der Waals surface area contributed by atoms with E-state index < -0.39 is 16.9 Å². The van der Waals surface area contributed by atoms with Gasteiger partial charge in [0.1, 0.15) is 11.0 Å². The minimum atomic E-state index is -2.91. The molecule has 1 unspecified atom stereocenters. The van der Waals surface area contributed by atoms with Gasteiger partial charge in [0.2, 0.25) is 0 Å². The summed E-state index contributed by atoms with van der Waals surface area (Å²) < 4.78 is 43.7. The fourth-order valence-corrected chi connectivity index (χ4v) is 6.87. The van der Waals surface area contributed by atoms with Gasteiger partial charge in [0, 0.05) is 37.6 Å². The maximum absolute atomic E-state index is 14.0. The molecule has 6 heteroatoms. The Labute approximate surface area is 231 Å². The van der Waals surface area contributed by atoms with Gasteiger partial charge in [-0.2, -0.15) is 0 Å². The molecule has 39 heavy (non-hydrogen) atoms. The highest BCUT2D eigenvalue weighted by atomic mass is 32.2. The average Bonchev–Trinajstić information content (AvgIpc) is 3.28. The topological polar surface area (TPSA) is 37.4 Å². The molecule has 3 aromatic carbocycles. The number of allylic oxidation sites excluding steroid dienone is 3. The molecule has 0 bridgehead atoms. The zero-order valence-corrected chi connectivity index (χ0v) is 23.4. The second-order valence-corrected chi connectivity index (χ2v) is 12.1. The fraction of sp³-hybridized carbons (Fsp3) is 0.303. The number of halogens is 2. The van der Waals surface area contributed by atoms with E-state index in [0.717, 1.165) is 70.0 Å². The molecule has 0 aliphatic heterocycles. The van der Waals surface area contributed by atoms with Crippen molar-refractivity contribution < 1.29 is 17.8 Å². The SMILES string of the molecule is CC1=CCCC=C1S(=O)N(Cc1ccc(-c2ccc3c(c2)C(=O)CC3)cc1)Cc1ccc(C(C)(F)F)c(C)c1. The molecule has 0 spiro atoms. The van der Waals surface area contributed by atoms with Crippen LogP contribution < -0.4 is 0 Å². The molecule has 3 nitrogen and oxygen atoms in total. The summed E-state index contributed by atoms with van der Waals surface area (Å²) in [5.74, 6) is -2.71. The van der Waals surface area contributed by atoms with Gasteiger partial charge < -0.3 is 0 Å². The van der Waals surface area contributed by atoms with Crippen LogP contribution in [-0.2, 0) is 36.4 Å². The zero-order valence-electron chi connectivity index (χ0n) is 22.6. The molecule has 0 radical (unpaired) electrons. The largest absolute Gasteiger partial charge is 0.294 e. The minimum absolute atomic E-state index is 0.0107. The Morgan fingerprint density at radius 2 is 1.51 bits per heavy atom. The number of rotatable bonds is 8. The highest BCUT2D eigenvalue weighted by Crippen LogP contribution is 2.32. The van der Waals surface area contributed by atoms with Crippen LogP contribution in [-0.4, -0.2) is 14.3 Å². The first-order valence-corrected chi connectivity index (χ1v) is 14.5. The number of nitrogens with zero attached hydrogens (tertiary/aromatic N) is 1. The van der Waals surface area contributed by atoms with Gasteiger partial charge in [0.05, 0.1) is 4.91 Å². The van der Waals surface area contributed by atoms with Crippen molar-refractivity contribution in [1.29, 1.82) is 0 Å². The standard InChI is InChI=1S/C33H33F2NO2S/c1-22-6-4-5-7-32(22)39(38)36(21-25-10-16-30(23(2)18-25)33(3,34)35)20-24-8-11-26(12-9-24)28-14-13-27-15-17-31(37)29(27)19-28/h6-14,16,18-19H,4-5,15,17,20-21H2,1-3H3. The van der Waals surface area contributed by atoms with E-state index in [2.05, 4.69) is 12.1 Å². The molecule has 202 valence electrons. The minimum Gasteiger partial charge on any atom is -0.294 e. The second-order valence-electron chi connectivity index (χ2n) is 10.6. The first kappa shape index (κ1) is 27.4. The summed E-state index contributed by atoms with van der Waals surface area (Å²) in [4.78, 5) is 13.0.